The SMILES string of the molecule is CCN(CC)c1ncc(CNCC(C)(O)C(C)C)s1. The molecule has 1 aromatic heterocycles. The molecule has 1 heterocycles. The highest BCUT2D eigenvalue weighted by Gasteiger charge is 2.24. The van der Waals surface area contributed by atoms with Gasteiger partial charge in [-0.15, -0.1) is 11.3 Å². The van der Waals surface area contributed by atoms with Crippen LogP contribution >= 0.6 is 11.3 Å². The molecular formula is C14H27N3OS. The molecule has 0 saturated carbocycles. The minimum atomic E-state index is -0.660. The molecule has 0 fully saturated rings. The van der Waals surface area contributed by atoms with Gasteiger partial charge in [-0.25, -0.2) is 4.98 Å². The summed E-state index contributed by atoms with van der Waals surface area (Å²) in [6, 6.07) is 0. The van der Waals surface area contributed by atoms with E-state index in [1.165, 1.54) is 4.88 Å². The number of thiazole rings is 1. The first-order valence-electron chi connectivity index (χ1n) is 7.03. The molecule has 1 atom stereocenters. The van der Waals surface area contributed by atoms with Gasteiger partial charge in [0.15, 0.2) is 5.13 Å². The van der Waals surface area contributed by atoms with Crippen molar-refractivity contribution >= 4 is 16.5 Å². The van der Waals surface area contributed by atoms with Crippen molar-refractivity contribution in [3.8, 4) is 0 Å². The molecule has 0 amide bonds. The van der Waals surface area contributed by atoms with Crippen molar-refractivity contribution in [1.82, 2.24) is 10.3 Å². The number of nitrogens with zero attached hydrogens (tertiary/aromatic N) is 2. The topological polar surface area (TPSA) is 48.4 Å². The highest BCUT2D eigenvalue weighted by atomic mass is 32.1. The minimum absolute atomic E-state index is 0.243. The summed E-state index contributed by atoms with van der Waals surface area (Å²) < 4.78 is 0. The van der Waals surface area contributed by atoms with Crippen LogP contribution in [0, 0.1) is 5.92 Å². The highest BCUT2D eigenvalue weighted by Crippen LogP contribution is 2.22. The number of hydrogen-bond acceptors (Lipinski definition) is 5. The number of nitrogens with one attached hydrogen (secondary N) is 1. The van der Waals surface area contributed by atoms with E-state index in [9.17, 15) is 5.11 Å². The van der Waals surface area contributed by atoms with Gasteiger partial charge in [0.05, 0.1) is 5.60 Å². The van der Waals surface area contributed by atoms with Crippen LogP contribution in [0.3, 0.4) is 0 Å². The summed E-state index contributed by atoms with van der Waals surface area (Å²) in [6.07, 6.45) is 1.93. The third-order valence-corrected chi connectivity index (χ3v) is 4.66. The maximum absolute atomic E-state index is 10.2. The van der Waals surface area contributed by atoms with Gasteiger partial charge >= 0.3 is 0 Å². The average molecular weight is 285 g/mol. The molecule has 1 rings (SSSR count). The Morgan fingerprint density at radius 3 is 2.58 bits per heavy atom. The van der Waals surface area contributed by atoms with Gasteiger partial charge in [-0.1, -0.05) is 13.8 Å². The van der Waals surface area contributed by atoms with Crippen LogP contribution in [0.1, 0.15) is 39.5 Å². The molecule has 19 heavy (non-hydrogen) atoms. The van der Waals surface area contributed by atoms with Crippen molar-refractivity contribution in [1.29, 1.82) is 0 Å². The van der Waals surface area contributed by atoms with E-state index in [1.807, 2.05) is 27.0 Å². The van der Waals surface area contributed by atoms with Gasteiger partial charge in [-0.05, 0) is 26.7 Å². The zero-order valence-corrected chi connectivity index (χ0v) is 13.5. The molecule has 0 aromatic carbocycles. The molecular weight excluding hydrogens is 258 g/mol. The van der Waals surface area contributed by atoms with Crippen LogP contribution in [0.15, 0.2) is 6.20 Å². The van der Waals surface area contributed by atoms with Gasteiger partial charge in [-0.3, -0.25) is 0 Å². The molecule has 0 aliphatic carbocycles. The second-order valence-corrected chi connectivity index (χ2v) is 6.49. The van der Waals surface area contributed by atoms with Crippen LogP contribution in [0.2, 0.25) is 0 Å². The van der Waals surface area contributed by atoms with E-state index in [0.717, 1.165) is 24.8 Å². The lowest BCUT2D eigenvalue weighted by Crippen LogP contribution is -2.41. The number of anilines is 1. The second-order valence-electron chi connectivity index (χ2n) is 5.40. The van der Waals surface area contributed by atoms with Gasteiger partial charge in [0.1, 0.15) is 0 Å². The standard InChI is InChI=1S/C14H27N3OS/c1-6-17(7-2)13-16-9-12(19-13)8-15-10-14(5,18)11(3)4/h9,11,15,18H,6-8,10H2,1-5H3. The molecule has 0 spiro atoms. The van der Waals surface area contributed by atoms with E-state index in [1.54, 1.807) is 11.3 Å². The minimum Gasteiger partial charge on any atom is -0.389 e. The molecule has 1 unspecified atom stereocenters. The molecule has 1 aromatic rings. The van der Waals surface area contributed by atoms with Crippen LogP contribution < -0.4 is 10.2 Å². The number of rotatable bonds is 8. The van der Waals surface area contributed by atoms with E-state index in [4.69, 9.17) is 0 Å². The fraction of sp³-hybridized carbons (Fsp3) is 0.786. The smallest absolute Gasteiger partial charge is 0.185 e. The molecule has 0 aliphatic heterocycles. The van der Waals surface area contributed by atoms with E-state index in [-0.39, 0.29) is 5.92 Å². The number of aliphatic hydroxyl groups is 1. The molecule has 4 nitrogen and oxygen atoms in total. The summed E-state index contributed by atoms with van der Waals surface area (Å²) in [5, 5.41) is 14.6. The lowest BCUT2D eigenvalue weighted by atomic mass is 9.93. The van der Waals surface area contributed by atoms with Crippen molar-refractivity contribution < 1.29 is 5.11 Å². The van der Waals surface area contributed by atoms with Gasteiger partial charge in [0.25, 0.3) is 0 Å². The third kappa shape index (κ3) is 4.75. The van der Waals surface area contributed by atoms with E-state index in [0.29, 0.717) is 6.54 Å². The Hall–Kier alpha value is -0.650. The zero-order chi connectivity index (χ0) is 14.5. The van der Waals surface area contributed by atoms with Gasteiger partial charge < -0.3 is 15.3 Å². The van der Waals surface area contributed by atoms with E-state index in [2.05, 4.69) is 29.0 Å². The Balaban J connectivity index is 2.47. The van der Waals surface area contributed by atoms with Crippen LogP contribution in [-0.2, 0) is 6.54 Å². The largest absolute Gasteiger partial charge is 0.389 e. The average Bonchev–Trinajstić information content (AvgIpc) is 2.79. The maximum Gasteiger partial charge on any atom is 0.185 e. The summed E-state index contributed by atoms with van der Waals surface area (Å²) in [5.41, 5.74) is -0.660. The van der Waals surface area contributed by atoms with Crippen LogP contribution in [0.25, 0.3) is 0 Å². The van der Waals surface area contributed by atoms with Gasteiger partial charge in [0, 0.05) is 37.3 Å². The van der Waals surface area contributed by atoms with Crippen molar-refractivity contribution in [3.63, 3.8) is 0 Å². The Kier molecular flexibility index (Phi) is 6.23. The lowest BCUT2D eigenvalue weighted by Gasteiger charge is -2.27. The Bertz CT molecular complexity index is 373. The Morgan fingerprint density at radius 2 is 2.05 bits per heavy atom. The monoisotopic (exact) mass is 285 g/mol. The quantitative estimate of drug-likeness (QED) is 0.770. The first-order valence-corrected chi connectivity index (χ1v) is 7.85. The van der Waals surface area contributed by atoms with E-state index >= 15 is 0 Å². The fourth-order valence-electron chi connectivity index (χ4n) is 1.66. The van der Waals surface area contributed by atoms with Crippen molar-refractivity contribution in [3.05, 3.63) is 11.1 Å². The fourth-order valence-corrected chi connectivity index (χ4v) is 2.67. The number of hydrogen-bond donors (Lipinski definition) is 2. The molecule has 5 heteroatoms. The van der Waals surface area contributed by atoms with Crippen molar-refractivity contribution in [2.75, 3.05) is 24.5 Å². The molecule has 2 N–H and O–H groups in total. The lowest BCUT2D eigenvalue weighted by molar-refractivity contribution is 0.0140. The highest BCUT2D eigenvalue weighted by molar-refractivity contribution is 7.15. The van der Waals surface area contributed by atoms with Crippen molar-refractivity contribution in [2.45, 2.75) is 46.8 Å². The molecule has 0 saturated heterocycles. The maximum atomic E-state index is 10.2. The molecule has 0 aliphatic rings. The van der Waals surface area contributed by atoms with Gasteiger partial charge in [0.2, 0.25) is 0 Å². The first kappa shape index (κ1) is 16.4. The van der Waals surface area contributed by atoms with E-state index < -0.39 is 5.60 Å². The molecule has 0 bridgehead atoms. The Labute approximate surface area is 120 Å². The third-order valence-electron chi connectivity index (χ3n) is 3.60. The first-order chi connectivity index (χ1) is 8.90. The second kappa shape index (κ2) is 7.22. The van der Waals surface area contributed by atoms with Crippen LogP contribution in [0.5, 0.6) is 0 Å². The molecule has 0 radical (unpaired) electrons. The summed E-state index contributed by atoms with van der Waals surface area (Å²) in [4.78, 5) is 7.91. The summed E-state index contributed by atoms with van der Waals surface area (Å²) >= 11 is 1.72. The van der Waals surface area contributed by atoms with Gasteiger partial charge in [-0.2, -0.15) is 0 Å². The van der Waals surface area contributed by atoms with Crippen LogP contribution in [-0.4, -0.2) is 35.3 Å². The summed E-state index contributed by atoms with van der Waals surface area (Å²) in [6.45, 7) is 13.6. The summed E-state index contributed by atoms with van der Waals surface area (Å²) in [7, 11) is 0. The Morgan fingerprint density at radius 1 is 1.42 bits per heavy atom. The summed E-state index contributed by atoms with van der Waals surface area (Å²) in [5.74, 6) is 0.243. The zero-order valence-electron chi connectivity index (χ0n) is 12.7. The van der Waals surface area contributed by atoms with Crippen LogP contribution in [0.4, 0.5) is 5.13 Å². The predicted molar refractivity (Wildman–Crippen MR) is 82.8 cm³/mol. The normalized spacial score (nSPS) is 14.7. The predicted octanol–water partition coefficient (Wildman–Crippen LogP) is 2.49. The number of aromatic nitrogens is 1. The molecule has 110 valence electrons. The van der Waals surface area contributed by atoms with Crippen molar-refractivity contribution in [2.24, 2.45) is 5.92 Å².